The Balaban J connectivity index is 2.07. The minimum atomic E-state index is -0.217. The van der Waals surface area contributed by atoms with Crippen LogP contribution in [-0.4, -0.2) is 30.0 Å². The number of rotatable bonds is 3. The molecule has 17 heavy (non-hydrogen) atoms. The van der Waals surface area contributed by atoms with Crippen molar-refractivity contribution in [2.24, 2.45) is 0 Å². The predicted molar refractivity (Wildman–Crippen MR) is 68.6 cm³/mol. The molecule has 0 saturated carbocycles. The van der Waals surface area contributed by atoms with Gasteiger partial charge in [-0.2, -0.15) is 0 Å². The number of hydrogen-bond donors (Lipinski definition) is 1. The van der Waals surface area contributed by atoms with E-state index in [1.54, 1.807) is 17.1 Å². The summed E-state index contributed by atoms with van der Waals surface area (Å²) >= 11 is 1.39. The van der Waals surface area contributed by atoms with Crippen LogP contribution in [0.4, 0.5) is 11.5 Å². The quantitative estimate of drug-likeness (QED) is 0.900. The Bertz CT molecular complexity index is 493. The highest BCUT2D eigenvalue weighted by atomic mass is 32.1. The molecule has 0 aliphatic rings. The summed E-state index contributed by atoms with van der Waals surface area (Å²) in [5.41, 5.74) is 2.71. The lowest BCUT2D eigenvalue weighted by molar-refractivity contribution is 0.102. The highest BCUT2D eigenvalue weighted by Gasteiger charge is 2.08. The summed E-state index contributed by atoms with van der Waals surface area (Å²) in [4.78, 5) is 21.7. The molecule has 0 unspecified atom stereocenters. The zero-order chi connectivity index (χ0) is 12.3. The molecule has 0 fully saturated rings. The van der Waals surface area contributed by atoms with Crippen LogP contribution in [-0.2, 0) is 0 Å². The molecule has 0 aliphatic carbocycles. The van der Waals surface area contributed by atoms with Gasteiger partial charge in [-0.15, -0.1) is 11.3 Å². The van der Waals surface area contributed by atoms with Gasteiger partial charge in [-0.1, -0.05) is 0 Å². The highest BCUT2D eigenvalue weighted by molar-refractivity contribution is 7.07. The molecule has 0 bridgehead atoms. The lowest BCUT2D eigenvalue weighted by Gasteiger charge is -2.11. The van der Waals surface area contributed by atoms with Gasteiger partial charge in [0.25, 0.3) is 5.91 Å². The molecule has 2 rings (SSSR count). The van der Waals surface area contributed by atoms with E-state index in [0.717, 1.165) is 5.82 Å². The van der Waals surface area contributed by atoms with Crippen molar-refractivity contribution in [3.05, 3.63) is 34.9 Å². The third-order valence-corrected chi connectivity index (χ3v) is 2.72. The topological polar surface area (TPSA) is 58.1 Å². The average Bonchev–Trinajstić information content (AvgIpc) is 2.83. The first-order valence-corrected chi connectivity index (χ1v) is 5.94. The number of nitrogens with zero attached hydrogens (tertiary/aromatic N) is 3. The van der Waals surface area contributed by atoms with Crippen molar-refractivity contribution in [2.45, 2.75) is 0 Å². The summed E-state index contributed by atoms with van der Waals surface area (Å²) in [6, 6.07) is 3.66. The maximum absolute atomic E-state index is 11.7. The summed E-state index contributed by atoms with van der Waals surface area (Å²) in [6.07, 6.45) is 1.62. The van der Waals surface area contributed by atoms with Crippen LogP contribution >= 0.6 is 11.3 Å². The summed E-state index contributed by atoms with van der Waals surface area (Å²) < 4.78 is 0. The molecule has 2 heterocycles. The summed E-state index contributed by atoms with van der Waals surface area (Å²) in [5, 5.41) is 4.44. The zero-order valence-corrected chi connectivity index (χ0v) is 10.4. The number of hydrogen-bond acceptors (Lipinski definition) is 5. The maximum Gasteiger partial charge on any atom is 0.275 e. The molecule has 2 aromatic rings. The summed E-state index contributed by atoms with van der Waals surface area (Å²) in [5.74, 6) is 0.627. The number of anilines is 2. The van der Waals surface area contributed by atoms with Crippen molar-refractivity contribution in [3.63, 3.8) is 0 Å². The van der Waals surface area contributed by atoms with Gasteiger partial charge in [0.15, 0.2) is 0 Å². The molecule has 88 valence electrons. The van der Waals surface area contributed by atoms with Gasteiger partial charge in [-0.05, 0) is 12.1 Å². The first-order valence-electron chi connectivity index (χ1n) is 5.00. The van der Waals surface area contributed by atoms with Crippen molar-refractivity contribution in [1.82, 2.24) is 9.97 Å². The number of amides is 1. The Kier molecular flexibility index (Phi) is 3.34. The second-order valence-electron chi connectivity index (χ2n) is 3.63. The molecule has 0 spiro atoms. The molecule has 0 radical (unpaired) electrons. The van der Waals surface area contributed by atoms with Crippen LogP contribution in [0.5, 0.6) is 0 Å². The van der Waals surface area contributed by atoms with E-state index in [-0.39, 0.29) is 5.91 Å². The van der Waals surface area contributed by atoms with Gasteiger partial charge in [0.1, 0.15) is 11.5 Å². The van der Waals surface area contributed by atoms with E-state index in [4.69, 9.17) is 0 Å². The minimum Gasteiger partial charge on any atom is -0.363 e. The van der Waals surface area contributed by atoms with Crippen molar-refractivity contribution in [2.75, 3.05) is 24.3 Å². The fourth-order valence-corrected chi connectivity index (χ4v) is 1.78. The molecule has 6 heteroatoms. The van der Waals surface area contributed by atoms with E-state index < -0.39 is 0 Å². The van der Waals surface area contributed by atoms with Crippen LogP contribution in [0.2, 0.25) is 0 Å². The molecule has 1 amide bonds. The molecule has 0 atom stereocenters. The monoisotopic (exact) mass is 248 g/mol. The van der Waals surface area contributed by atoms with E-state index in [9.17, 15) is 4.79 Å². The second-order valence-corrected chi connectivity index (χ2v) is 4.35. The Hall–Kier alpha value is -1.95. The normalized spacial score (nSPS) is 10.0. The fraction of sp³-hybridized carbons (Fsp3) is 0.182. The van der Waals surface area contributed by atoms with Gasteiger partial charge < -0.3 is 10.2 Å². The zero-order valence-electron chi connectivity index (χ0n) is 9.54. The van der Waals surface area contributed by atoms with Gasteiger partial charge in [0.05, 0.1) is 17.4 Å². The Labute approximate surface area is 103 Å². The van der Waals surface area contributed by atoms with Gasteiger partial charge in [-0.3, -0.25) is 4.79 Å². The first kappa shape index (κ1) is 11.5. The SMILES string of the molecule is CN(C)c1ccc(NC(=O)c2cscn2)cn1. The Morgan fingerprint density at radius 1 is 1.35 bits per heavy atom. The molecule has 5 nitrogen and oxygen atoms in total. The van der Waals surface area contributed by atoms with Crippen molar-refractivity contribution in [3.8, 4) is 0 Å². The first-order chi connectivity index (χ1) is 8.16. The fourth-order valence-electron chi connectivity index (χ4n) is 1.24. The Morgan fingerprint density at radius 3 is 2.71 bits per heavy atom. The summed E-state index contributed by atoms with van der Waals surface area (Å²) in [6.45, 7) is 0. The molecule has 0 saturated heterocycles. The molecule has 2 aromatic heterocycles. The van der Waals surface area contributed by atoms with E-state index in [2.05, 4.69) is 15.3 Å². The predicted octanol–water partition coefficient (Wildman–Crippen LogP) is 1.86. The standard InChI is InChI=1S/C11H12N4OS/c1-15(2)10-4-3-8(5-12-10)14-11(16)9-6-17-7-13-9/h3-7H,1-2H3,(H,14,16). The van der Waals surface area contributed by atoms with Gasteiger partial charge >= 0.3 is 0 Å². The lowest BCUT2D eigenvalue weighted by Crippen LogP contribution is -2.13. The van der Waals surface area contributed by atoms with E-state index >= 15 is 0 Å². The van der Waals surface area contributed by atoms with E-state index in [0.29, 0.717) is 11.4 Å². The van der Waals surface area contributed by atoms with Crippen LogP contribution in [0.25, 0.3) is 0 Å². The van der Waals surface area contributed by atoms with Crippen LogP contribution in [0, 0.1) is 0 Å². The number of carbonyl (C=O) groups excluding carboxylic acids is 1. The molecule has 0 aliphatic heterocycles. The second kappa shape index (κ2) is 4.92. The third-order valence-electron chi connectivity index (χ3n) is 2.13. The van der Waals surface area contributed by atoms with Crippen LogP contribution < -0.4 is 10.2 Å². The van der Waals surface area contributed by atoms with E-state index in [1.165, 1.54) is 11.3 Å². The third kappa shape index (κ3) is 2.79. The largest absolute Gasteiger partial charge is 0.363 e. The van der Waals surface area contributed by atoms with Gasteiger partial charge in [0, 0.05) is 19.5 Å². The molecule has 1 N–H and O–H groups in total. The Morgan fingerprint density at radius 2 is 2.18 bits per heavy atom. The molecule has 0 aromatic carbocycles. The smallest absolute Gasteiger partial charge is 0.275 e. The van der Waals surface area contributed by atoms with E-state index in [1.807, 2.05) is 31.1 Å². The average molecular weight is 248 g/mol. The van der Waals surface area contributed by atoms with Crippen molar-refractivity contribution in [1.29, 1.82) is 0 Å². The van der Waals surface area contributed by atoms with Gasteiger partial charge in [-0.25, -0.2) is 9.97 Å². The number of nitrogens with one attached hydrogen (secondary N) is 1. The number of thiazole rings is 1. The van der Waals surface area contributed by atoms with Crippen molar-refractivity contribution >= 4 is 28.7 Å². The van der Waals surface area contributed by atoms with Crippen LogP contribution in [0.15, 0.2) is 29.2 Å². The van der Waals surface area contributed by atoms with Crippen LogP contribution in [0.1, 0.15) is 10.5 Å². The van der Waals surface area contributed by atoms with Gasteiger partial charge in [0.2, 0.25) is 0 Å². The molecular formula is C11H12N4OS. The highest BCUT2D eigenvalue weighted by Crippen LogP contribution is 2.12. The van der Waals surface area contributed by atoms with Crippen molar-refractivity contribution < 1.29 is 4.79 Å². The lowest BCUT2D eigenvalue weighted by atomic mass is 10.3. The number of carbonyl (C=O) groups is 1. The number of aromatic nitrogens is 2. The van der Waals surface area contributed by atoms with Crippen LogP contribution in [0.3, 0.4) is 0 Å². The molecular weight excluding hydrogens is 236 g/mol. The summed E-state index contributed by atoms with van der Waals surface area (Å²) in [7, 11) is 3.83. The number of pyridine rings is 1. The maximum atomic E-state index is 11.7. The minimum absolute atomic E-state index is 0.217.